The second-order valence-electron chi connectivity index (χ2n) is 6.25. The molecule has 106 valence electrons. The van der Waals surface area contributed by atoms with Crippen molar-refractivity contribution in [1.29, 1.82) is 0 Å². The normalized spacial score (nSPS) is 24.9. The molecule has 1 fully saturated rings. The van der Waals surface area contributed by atoms with Gasteiger partial charge in [0, 0.05) is 17.8 Å². The van der Waals surface area contributed by atoms with Crippen molar-refractivity contribution < 1.29 is 4.79 Å². The lowest BCUT2D eigenvalue weighted by Gasteiger charge is -2.37. The highest BCUT2D eigenvalue weighted by molar-refractivity contribution is 8.01. The lowest BCUT2D eigenvalue weighted by Crippen LogP contribution is -2.46. The average molecular weight is 272 g/mol. The van der Waals surface area contributed by atoms with Gasteiger partial charge in [0.25, 0.3) is 0 Å². The van der Waals surface area contributed by atoms with Gasteiger partial charge in [0.05, 0.1) is 5.75 Å². The number of hydrogen-bond acceptors (Lipinski definition) is 3. The first kappa shape index (κ1) is 15.8. The highest BCUT2D eigenvalue weighted by Crippen LogP contribution is 2.29. The maximum absolute atomic E-state index is 12.2. The molecule has 2 unspecified atom stereocenters. The molecule has 0 radical (unpaired) electrons. The van der Waals surface area contributed by atoms with Gasteiger partial charge in [-0.25, -0.2) is 0 Å². The van der Waals surface area contributed by atoms with Crippen LogP contribution < -0.4 is 5.73 Å². The second-order valence-corrected chi connectivity index (χ2v) is 8.06. The van der Waals surface area contributed by atoms with E-state index in [1.165, 1.54) is 19.3 Å². The fraction of sp³-hybridized carbons (Fsp3) is 0.929. The summed E-state index contributed by atoms with van der Waals surface area (Å²) < 4.78 is 0.149. The first-order valence-electron chi connectivity index (χ1n) is 6.95. The van der Waals surface area contributed by atoms with Crippen LogP contribution in [0.4, 0.5) is 0 Å². The van der Waals surface area contributed by atoms with Crippen LogP contribution in [0.5, 0.6) is 0 Å². The predicted molar refractivity (Wildman–Crippen MR) is 79.8 cm³/mol. The molecule has 0 saturated heterocycles. The lowest BCUT2D eigenvalue weighted by atomic mass is 9.84. The molecule has 1 amide bonds. The van der Waals surface area contributed by atoms with Crippen molar-refractivity contribution >= 4 is 17.7 Å². The lowest BCUT2D eigenvalue weighted by molar-refractivity contribution is -0.130. The maximum Gasteiger partial charge on any atom is 0.232 e. The van der Waals surface area contributed by atoms with Crippen molar-refractivity contribution in [2.45, 2.75) is 57.2 Å². The summed E-state index contributed by atoms with van der Waals surface area (Å²) in [6, 6.07) is 0.358. The third kappa shape index (κ3) is 4.81. The van der Waals surface area contributed by atoms with Crippen molar-refractivity contribution in [3.63, 3.8) is 0 Å². The number of nitrogens with zero attached hydrogens (tertiary/aromatic N) is 1. The third-order valence-electron chi connectivity index (χ3n) is 3.69. The van der Waals surface area contributed by atoms with Crippen LogP contribution in [0.3, 0.4) is 0 Å². The minimum atomic E-state index is 0.149. The van der Waals surface area contributed by atoms with Crippen molar-refractivity contribution in [2.24, 2.45) is 11.7 Å². The van der Waals surface area contributed by atoms with Crippen LogP contribution in [0.2, 0.25) is 0 Å². The Hall–Kier alpha value is -0.220. The van der Waals surface area contributed by atoms with Crippen LogP contribution in [0.25, 0.3) is 0 Å². The van der Waals surface area contributed by atoms with Gasteiger partial charge >= 0.3 is 0 Å². The van der Waals surface area contributed by atoms with E-state index in [9.17, 15) is 4.79 Å². The summed E-state index contributed by atoms with van der Waals surface area (Å²) in [4.78, 5) is 14.2. The predicted octanol–water partition coefficient (Wildman–Crippen LogP) is 2.49. The molecule has 2 N–H and O–H groups in total. The van der Waals surface area contributed by atoms with E-state index < -0.39 is 0 Å². The average Bonchev–Trinajstić information content (AvgIpc) is 2.34. The van der Waals surface area contributed by atoms with Crippen molar-refractivity contribution in [2.75, 3.05) is 19.3 Å². The quantitative estimate of drug-likeness (QED) is 0.855. The Morgan fingerprint density at radius 2 is 1.94 bits per heavy atom. The molecule has 1 aliphatic rings. The molecule has 1 saturated carbocycles. The van der Waals surface area contributed by atoms with Gasteiger partial charge in [-0.05, 0) is 25.3 Å². The van der Waals surface area contributed by atoms with Gasteiger partial charge in [-0.15, -0.1) is 11.8 Å². The van der Waals surface area contributed by atoms with Crippen LogP contribution >= 0.6 is 11.8 Å². The molecule has 0 aliphatic heterocycles. The van der Waals surface area contributed by atoms with Crippen LogP contribution in [-0.2, 0) is 4.79 Å². The van der Waals surface area contributed by atoms with E-state index in [2.05, 4.69) is 20.8 Å². The molecule has 0 heterocycles. The first-order chi connectivity index (χ1) is 8.35. The number of carbonyl (C=O) groups excluding carboxylic acids is 1. The molecule has 0 aromatic heterocycles. The van der Waals surface area contributed by atoms with Crippen LogP contribution in [0, 0.1) is 5.92 Å². The largest absolute Gasteiger partial charge is 0.342 e. The third-order valence-corrected chi connectivity index (χ3v) is 4.95. The molecule has 1 rings (SSSR count). The van der Waals surface area contributed by atoms with Crippen molar-refractivity contribution in [3.05, 3.63) is 0 Å². The SMILES string of the molecule is CN(C(=O)CSC(C)(C)C)C1CCCCC1CN. The van der Waals surface area contributed by atoms with E-state index in [1.807, 2.05) is 11.9 Å². The zero-order valence-electron chi connectivity index (χ0n) is 12.2. The standard InChI is InChI=1S/C14H28N2OS/c1-14(2,3)18-10-13(17)16(4)12-8-6-5-7-11(12)9-15/h11-12H,5-10,15H2,1-4H3. The molecule has 1 aliphatic carbocycles. The van der Waals surface area contributed by atoms with Gasteiger partial charge in [-0.3, -0.25) is 4.79 Å². The number of hydrogen-bond donors (Lipinski definition) is 1. The number of amides is 1. The van der Waals surface area contributed by atoms with Gasteiger partial charge in [0.2, 0.25) is 5.91 Å². The zero-order chi connectivity index (χ0) is 13.8. The molecule has 3 nitrogen and oxygen atoms in total. The summed E-state index contributed by atoms with van der Waals surface area (Å²) in [6.45, 7) is 7.14. The summed E-state index contributed by atoms with van der Waals surface area (Å²) >= 11 is 1.72. The Kier molecular flexibility index (Phi) is 5.99. The minimum Gasteiger partial charge on any atom is -0.342 e. The van der Waals surface area contributed by atoms with Crippen LogP contribution in [-0.4, -0.2) is 40.9 Å². The molecule has 2 atom stereocenters. The van der Waals surface area contributed by atoms with E-state index in [1.54, 1.807) is 11.8 Å². The van der Waals surface area contributed by atoms with Crippen LogP contribution in [0.1, 0.15) is 46.5 Å². The molecule has 0 aromatic rings. The molecule has 0 bridgehead atoms. The van der Waals surface area contributed by atoms with Crippen molar-refractivity contribution in [1.82, 2.24) is 4.90 Å². The minimum absolute atomic E-state index is 0.149. The monoisotopic (exact) mass is 272 g/mol. The molecule has 0 aromatic carbocycles. The summed E-state index contributed by atoms with van der Waals surface area (Å²) in [5, 5.41) is 0. The molecular formula is C14H28N2OS. The Morgan fingerprint density at radius 3 is 2.50 bits per heavy atom. The summed E-state index contributed by atoms with van der Waals surface area (Å²) in [5.41, 5.74) is 5.83. The Bertz CT molecular complexity index is 275. The Morgan fingerprint density at radius 1 is 1.33 bits per heavy atom. The van der Waals surface area contributed by atoms with Gasteiger partial charge in [-0.1, -0.05) is 33.6 Å². The topological polar surface area (TPSA) is 46.3 Å². The Balaban J connectivity index is 2.51. The number of nitrogens with two attached hydrogens (primary N) is 1. The van der Waals surface area contributed by atoms with E-state index in [0.29, 0.717) is 24.3 Å². The fourth-order valence-electron chi connectivity index (χ4n) is 2.54. The first-order valence-corrected chi connectivity index (χ1v) is 7.93. The van der Waals surface area contributed by atoms with E-state index in [-0.39, 0.29) is 10.7 Å². The molecule has 4 heteroatoms. The fourth-order valence-corrected chi connectivity index (χ4v) is 3.30. The van der Waals surface area contributed by atoms with Gasteiger partial charge in [0.15, 0.2) is 0 Å². The maximum atomic E-state index is 12.2. The molecule has 18 heavy (non-hydrogen) atoms. The van der Waals surface area contributed by atoms with Gasteiger partial charge in [0.1, 0.15) is 0 Å². The summed E-state index contributed by atoms with van der Waals surface area (Å²) in [6.07, 6.45) is 4.78. The number of thioether (sulfide) groups is 1. The highest BCUT2D eigenvalue weighted by atomic mass is 32.2. The van der Waals surface area contributed by atoms with Gasteiger partial charge < -0.3 is 10.6 Å². The second kappa shape index (κ2) is 6.80. The van der Waals surface area contributed by atoms with Gasteiger partial charge in [-0.2, -0.15) is 0 Å². The number of carbonyl (C=O) groups is 1. The van der Waals surface area contributed by atoms with E-state index in [4.69, 9.17) is 5.73 Å². The molecular weight excluding hydrogens is 244 g/mol. The zero-order valence-corrected chi connectivity index (χ0v) is 13.1. The Labute approximate surface area is 116 Å². The highest BCUT2D eigenvalue weighted by Gasteiger charge is 2.30. The summed E-state index contributed by atoms with van der Waals surface area (Å²) in [7, 11) is 1.95. The van der Waals surface area contributed by atoms with Crippen LogP contribution in [0.15, 0.2) is 0 Å². The molecule has 0 spiro atoms. The van der Waals surface area contributed by atoms with Crippen molar-refractivity contribution in [3.8, 4) is 0 Å². The van der Waals surface area contributed by atoms with E-state index in [0.717, 1.165) is 6.42 Å². The summed E-state index contributed by atoms with van der Waals surface area (Å²) in [5.74, 6) is 1.32. The smallest absolute Gasteiger partial charge is 0.232 e. The van der Waals surface area contributed by atoms with E-state index >= 15 is 0 Å². The number of rotatable bonds is 4.